The zero-order chi connectivity index (χ0) is 25.0. The number of fused-ring (bicyclic) bond motifs is 1. The molecule has 3 aliphatic rings. The van der Waals surface area contributed by atoms with Gasteiger partial charge >= 0.3 is 0 Å². The fourth-order valence-corrected chi connectivity index (χ4v) is 7.15. The number of thiazole rings is 1. The summed E-state index contributed by atoms with van der Waals surface area (Å²) in [6.45, 7) is 8.85. The van der Waals surface area contributed by atoms with E-state index in [9.17, 15) is 9.90 Å². The molecule has 1 spiro atoms. The van der Waals surface area contributed by atoms with Crippen molar-refractivity contribution in [1.82, 2.24) is 19.9 Å². The molecule has 2 saturated heterocycles. The molecular formula is C27H28ClN5O2S. The van der Waals surface area contributed by atoms with Crippen LogP contribution in [0.5, 0.6) is 5.75 Å². The second-order valence-electron chi connectivity index (χ2n) is 10.3. The summed E-state index contributed by atoms with van der Waals surface area (Å²) in [5, 5.41) is 10.8. The lowest BCUT2D eigenvalue weighted by Crippen LogP contribution is -2.59. The highest BCUT2D eigenvalue weighted by molar-refractivity contribution is 7.09. The molecule has 2 fully saturated rings. The van der Waals surface area contributed by atoms with Crippen molar-refractivity contribution in [2.45, 2.75) is 38.5 Å². The number of rotatable bonds is 4. The minimum absolute atomic E-state index is 0.00526. The summed E-state index contributed by atoms with van der Waals surface area (Å²) >= 11 is 8.34. The second-order valence-corrected chi connectivity index (χ2v) is 11.6. The molecule has 7 nitrogen and oxygen atoms in total. The third-order valence-electron chi connectivity index (χ3n) is 7.88. The van der Waals surface area contributed by atoms with Crippen molar-refractivity contribution >= 4 is 34.8 Å². The van der Waals surface area contributed by atoms with Crippen molar-refractivity contribution in [3.05, 3.63) is 63.2 Å². The number of phenolic OH excluding ortho intramolecular Hbond substituents is 1. The summed E-state index contributed by atoms with van der Waals surface area (Å²) in [4.78, 5) is 32.1. The average molecular weight is 522 g/mol. The van der Waals surface area contributed by atoms with Crippen LogP contribution in [0.3, 0.4) is 0 Å². The zero-order valence-electron chi connectivity index (χ0n) is 20.2. The molecule has 2 aliphatic heterocycles. The fraction of sp³-hybridized carbons (Fsp3) is 0.407. The lowest BCUT2D eigenvalue weighted by molar-refractivity contribution is -0.136. The maximum Gasteiger partial charge on any atom is 0.245 e. The van der Waals surface area contributed by atoms with E-state index >= 15 is 0 Å². The number of halogens is 1. The Hall–Kier alpha value is -2.97. The van der Waals surface area contributed by atoms with E-state index in [1.54, 1.807) is 29.5 Å². The van der Waals surface area contributed by atoms with Gasteiger partial charge in [-0.25, -0.2) is 15.0 Å². The molecule has 1 N–H and O–H groups in total. The van der Waals surface area contributed by atoms with Gasteiger partial charge in [0.15, 0.2) is 0 Å². The number of aryl methyl sites for hydroxylation is 1. The predicted octanol–water partition coefficient (Wildman–Crippen LogP) is 4.76. The van der Waals surface area contributed by atoms with Crippen molar-refractivity contribution in [2.24, 2.45) is 5.41 Å². The molecule has 186 valence electrons. The van der Waals surface area contributed by atoms with Gasteiger partial charge in [-0.15, -0.1) is 11.3 Å². The van der Waals surface area contributed by atoms with Gasteiger partial charge in [0.1, 0.15) is 5.75 Å². The number of nitrogens with zero attached hydrogens (tertiary/aromatic N) is 5. The van der Waals surface area contributed by atoms with E-state index in [0.29, 0.717) is 16.9 Å². The van der Waals surface area contributed by atoms with Crippen LogP contribution >= 0.6 is 22.9 Å². The highest BCUT2D eigenvalue weighted by Gasteiger charge is 2.49. The number of hydrogen-bond acceptors (Lipinski definition) is 7. The van der Waals surface area contributed by atoms with Crippen LogP contribution in [-0.2, 0) is 17.6 Å². The molecule has 6 rings (SSSR count). The third-order valence-corrected chi connectivity index (χ3v) is 9.31. The quantitative estimate of drug-likeness (QED) is 0.498. The molecule has 36 heavy (non-hydrogen) atoms. The van der Waals surface area contributed by atoms with E-state index in [1.807, 2.05) is 10.4 Å². The maximum absolute atomic E-state index is 12.0. The number of phenols is 1. The second kappa shape index (κ2) is 8.85. The van der Waals surface area contributed by atoms with Crippen molar-refractivity contribution in [2.75, 3.05) is 31.1 Å². The first kappa shape index (κ1) is 23.4. The molecule has 1 unspecified atom stereocenters. The molecule has 3 aromatic rings. The number of aromatic hydroxyl groups is 1. The average Bonchev–Trinajstić information content (AvgIpc) is 3.50. The fourth-order valence-electron chi connectivity index (χ4n) is 6.00. The number of likely N-dealkylation sites (tertiary alicyclic amines) is 1. The largest absolute Gasteiger partial charge is 0.508 e. The highest BCUT2D eigenvalue weighted by Crippen LogP contribution is 2.44. The molecule has 1 atom stereocenters. The van der Waals surface area contributed by atoms with Crippen molar-refractivity contribution in [3.63, 3.8) is 0 Å². The number of hydrogen-bond donors (Lipinski definition) is 1. The number of benzene rings is 1. The van der Waals surface area contributed by atoms with Crippen LogP contribution in [0.1, 0.15) is 40.6 Å². The lowest BCUT2D eigenvalue weighted by Gasteiger charge is -2.47. The highest BCUT2D eigenvalue weighted by atomic mass is 35.5. The van der Waals surface area contributed by atoms with Gasteiger partial charge < -0.3 is 14.9 Å². The predicted molar refractivity (Wildman–Crippen MR) is 142 cm³/mol. The third kappa shape index (κ3) is 3.96. The van der Waals surface area contributed by atoms with E-state index in [-0.39, 0.29) is 17.1 Å². The van der Waals surface area contributed by atoms with Crippen LogP contribution in [0.4, 0.5) is 5.95 Å². The van der Waals surface area contributed by atoms with E-state index in [0.717, 1.165) is 80.1 Å². The SMILES string of the molecule is C=CC(=O)N1CC2(CCN(c3nc4c(c(-c5cc(O)ccc5Cl)n3)CCC(c3scnc3C)C4)C2)C1. The van der Waals surface area contributed by atoms with Crippen molar-refractivity contribution < 1.29 is 9.90 Å². The smallest absolute Gasteiger partial charge is 0.245 e. The molecule has 1 amide bonds. The molecular weight excluding hydrogens is 494 g/mol. The topological polar surface area (TPSA) is 82.5 Å². The maximum atomic E-state index is 12.0. The molecule has 2 aromatic heterocycles. The van der Waals surface area contributed by atoms with E-state index < -0.39 is 0 Å². The Morgan fingerprint density at radius 3 is 2.89 bits per heavy atom. The normalized spacial score (nSPS) is 20.3. The summed E-state index contributed by atoms with van der Waals surface area (Å²) in [5.74, 6) is 1.25. The number of anilines is 1. The van der Waals surface area contributed by atoms with Gasteiger partial charge in [0, 0.05) is 53.5 Å². The molecule has 0 radical (unpaired) electrons. The number of carbonyl (C=O) groups is 1. The summed E-state index contributed by atoms with van der Waals surface area (Å²) in [7, 11) is 0. The Bertz CT molecular complexity index is 1370. The first-order valence-electron chi connectivity index (χ1n) is 12.3. The lowest BCUT2D eigenvalue weighted by atomic mass is 9.79. The van der Waals surface area contributed by atoms with Gasteiger partial charge in [0.25, 0.3) is 0 Å². The van der Waals surface area contributed by atoms with Gasteiger partial charge in [-0.3, -0.25) is 4.79 Å². The first-order chi connectivity index (χ1) is 17.4. The van der Waals surface area contributed by atoms with Gasteiger partial charge in [-0.2, -0.15) is 0 Å². The van der Waals surface area contributed by atoms with Crippen LogP contribution in [0.2, 0.25) is 5.02 Å². The molecule has 0 bridgehead atoms. The van der Waals surface area contributed by atoms with Gasteiger partial charge in [0.05, 0.1) is 27.6 Å². The minimum Gasteiger partial charge on any atom is -0.508 e. The zero-order valence-corrected chi connectivity index (χ0v) is 21.8. The number of carbonyl (C=O) groups excluding carboxylic acids is 1. The van der Waals surface area contributed by atoms with E-state index in [2.05, 4.69) is 23.4 Å². The van der Waals surface area contributed by atoms with Crippen LogP contribution in [-0.4, -0.2) is 57.0 Å². The van der Waals surface area contributed by atoms with Gasteiger partial charge in [0.2, 0.25) is 11.9 Å². The first-order valence-corrected chi connectivity index (χ1v) is 13.6. The van der Waals surface area contributed by atoms with E-state index in [1.165, 1.54) is 11.0 Å². The molecule has 1 aliphatic carbocycles. The standard InChI is InChI=1S/C27H28ClN5O2S/c1-3-23(35)33-13-27(14-33)8-9-32(12-27)26-30-22-10-17(25-16(2)29-15-36-25)4-6-19(22)24(31-26)20-11-18(34)5-7-21(20)28/h3,5,7,11,15,17,34H,1,4,6,8-10,12-14H2,2H3. The van der Waals surface area contributed by atoms with Crippen LogP contribution in [0.15, 0.2) is 36.4 Å². The van der Waals surface area contributed by atoms with Crippen LogP contribution in [0, 0.1) is 12.3 Å². The minimum atomic E-state index is -0.00526. The molecule has 4 heterocycles. The molecule has 0 saturated carbocycles. The van der Waals surface area contributed by atoms with Crippen LogP contribution in [0.25, 0.3) is 11.3 Å². The van der Waals surface area contributed by atoms with Gasteiger partial charge in [-0.05, 0) is 56.9 Å². The Labute approximate surface area is 219 Å². The van der Waals surface area contributed by atoms with E-state index in [4.69, 9.17) is 21.6 Å². The summed E-state index contributed by atoms with van der Waals surface area (Å²) < 4.78 is 0. The monoisotopic (exact) mass is 521 g/mol. The van der Waals surface area contributed by atoms with Crippen LogP contribution < -0.4 is 4.90 Å². The van der Waals surface area contributed by atoms with Crippen molar-refractivity contribution in [1.29, 1.82) is 0 Å². The molecule has 1 aromatic carbocycles. The Kier molecular flexibility index (Phi) is 5.76. The summed E-state index contributed by atoms with van der Waals surface area (Å²) in [6, 6.07) is 5.02. The Morgan fingerprint density at radius 1 is 1.31 bits per heavy atom. The number of aromatic nitrogens is 3. The molecule has 9 heteroatoms. The summed E-state index contributed by atoms with van der Waals surface area (Å²) in [6.07, 6.45) is 5.07. The number of amides is 1. The van der Waals surface area contributed by atoms with Crippen molar-refractivity contribution in [3.8, 4) is 17.0 Å². The van der Waals surface area contributed by atoms with Gasteiger partial charge in [-0.1, -0.05) is 18.2 Å². The summed E-state index contributed by atoms with van der Waals surface area (Å²) in [5.41, 5.74) is 6.83. The Balaban J connectivity index is 1.37. The Morgan fingerprint density at radius 2 is 2.14 bits per heavy atom.